The molecule has 30 heavy (non-hydrogen) atoms. The Bertz CT molecular complexity index is 1100. The Balaban J connectivity index is 1.89. The molecule has 2 aromatic carbocycles. The van der Waals surface area contributed by atoms with Crippen LogP contribution < -0.4 is 10.2 Å². The SMILES string of the molecule is CCOC(=O)c1ccccc1NC(=O)CN1C(=O)CC(C)S(=O)(=O)c2ccccc21. The molecule has 1 aliphatic rings. The van der Waals surface area contributed by atoms with Crippen LogP contribution in [0.25, 0.3) is 0 Å². The number of para-hydroxylation sites is 2. The van der Waals surface area contributed by atoms with E-state index in [-0.39, 0.29) is 34.9 Å². The molecule has 1 N–H and O–H groups in total. The highest BCUT2D eigenvalue weighted by atomic mass is 32.2. The summed E-state index contributed by atoms with van der Waals surface area (Å²) in [5.74, 6) is -1.61. The number of nitrogens with one attached hydrogen (secondary N) is 1. The zero-order chi connectivity index (χ0) is 21.9. The highest BCUT2D eigenvalue weighted by molar-refractivity contribution is 7.92. The van der Waals surface area contributed by atoms with Crippen molar-refractivity contribution in [3.8, 4) is 0 Å². The second-order valence-electron chi connectivity index (χ2n) is 6.82. The lowest BCUT2D eigenvalue weighted by atomic mass is 10.1. The van der Waals surface area contributed by atoms with E-state index in [1.54, 1.807) is 37.3 Å². The van der Waals surface area contributed by atoms with E-state index >= 15 is 0 Å². The first-order valence-electron chi connectivity index (χ1n) is 9.45. The van der Waals surface area contributed by atoms with Crippen molar-refractivity contribution < 1.29 is 27.5 Å². The molecule has 0 spiro atoms. The van der Waals surface area contributed by atoms with Gasteiger partial charge in [0.2, 0.25) is 11.8 Å². The van der Waals surface area contributed by atoms with E-state index in [9.17, 15) is 22.8 Å². The summed E-state index contributed by atoms with van der Waals surface area (Å²) >= 11 is 0. The number of nitrogens with zero attached hydrogens (tertiary/aromatic N) is 1. The molecule has 3 rings (SSSR count). The molecule has 1 aliphatic heterocycles. The van der Waals surface area contributed by atoms with Crippen molar-refractivity contribution in [3.05, 3.63) is 54.1 Å². The van der Waals surface area contributed by atoms with Crippen LogP contribution in [0.2, 0.25) is 0 Å². The number of carbonyl (C=O) groups is 3. The molecule has 9 heteroatoms. The van der Waals surface area contributed by atoms with Crippen molar-refractivity contribution in [2.75, 3.05) is 23.4 Å². The smallest absolute Gasteiger partial charge is 0.340 e. The maximum atomic E-state index is 12.7. The summed E-state index contributed by atoms with van der Waals surface area (Å²) in [4.78, 5) is 38.7. The average molecular weight is 430 g/mol. The molecule has 2 amide bonds. The van der Waals surface area contributed by atoms with E-state index in [1.807, 2.05) is 0 Å². The van der Waals surface area contributed by atoms with Crippen LogP contribution >= 0.6 is 0 Å². The molecule has 1 atom stereocenters. The van der Waals surface area contributed by atoms with E-state index in [1.165, 1.54) is 30.0 Å². The third-order valence-corrected chi connectivity index (χ3v) is 6.94. The van der Waals surface area contributed by atoms with Gasteiger partial charge in [-0.15, -0.1) is 0 Å². The van der Waals surface area contributed by atoms with Gasteiger partial charge in [0.1, 0.15) is 6.54 Å². The number of hydrogen-bond donors (Lipinski definition) is 1. The second-order valence-corrected chi connectivity index (χ2v) is 9.16. The van der Waals surface area contributed by atoms with Gasteiger partial charge in [0.25, 0.3) is 0 Å². The van der Waals surface area contributed by atoms with Crippen LogP contribution in [-0.4, -0.2) is 44.6 Å². The molecule has 2 aromatic rings. The molecule has 0 fully saturated rings. The van der Waals surface area contributed by atoms with Crippen molar-refractivity contribution in [1.82, 2.24) is 0 Å². The summed E-state index contributed by atoms with van der Waals surface area (Å²) in [6.45, 7) is 2.95. The van der Waals surface area contributed by atoms with Gasteiger partial charge in [-0.3, -0.25) is 9.59 Å². The van der Waals surface area contributed by atoms with Gasteiger partial charge in [-0.05, 0) is 38.1 Å². The summed E-state index contributed by atoms with van der Waals surface area (Å²) in [5, 5.41) is 1.72. The summed E-state index contributed by atoms with van der Waals surface area (Å²) in [5.41, 5.74) is 0.602. The summed E-state index contributed by atoms with van der Waals surface area (Å²) in [7, 11) is -3.70. The molecule has 1 heterocycles. The molecule has 8 nitrogen and oxygen atoms in total. The number of benzene rings is 2. The average Bonchev–Trinajstić information content (AvgIpc) is 2.78. The first-order chi connectivity index (χ1) is 14.3. The zero-order valence-corrected chi connectivity index (χ0v) is 17.4. The molecule has 0 saturated heterocycles. The number of amides is 2. The molecule has 1 unspecified atom stereocenters. The number of carbonyl (C=O) groups excluding carboxylic acids is 3. The topological polar surface area (TPSA) is 110 Å². The predicted octanol–water partition coefficient (Wildman–Crippen LogP) is 2.40. The van der Waals surface area contributed by atoms with Crippen molar-refractivity contribution in [2.45, 2.75) is 30.4 Å². The van der Waals surface area contributed by atoms with Gasteiger partial charge in [0.15, 0.2) is 9.84 Å². The number of fused-ring (bicyclic) bond motifs is 1. The minimum Gasteiger partial charge on any atom is -0.462 e. The van der Waals surface area contributed by atoms with Gasteiger partial charge < -0.3 is 15.0 Å². The molecule has 0 saturated carbocycles. The van der Waals surface area contributed by atoms with Gasteiger partial charge in [0, 0.05) is 6.42 Å². The Morgan fingerprint density at radius 1 is 1.13 bits per heavy atom. The van der Waals surface area contributed by atoms with E-state index in [4.69, 9.17) is 4.74 Å². The van der Waals surface area contributed by atoms with E-state index in [0.29, 0.717) is 0 Å². The van der Waals surface area contributed by atoms with Crippen molar-refractivity contribution in [3.63, 3.8) is 0 Å². The fourth-order valence-electron chi connectivity index (χ4n) is 3.22. The number of rotatable bonds is 5. The molecule has 0 aliphatic carbocycles. The summed E-state index contributed by atoms with van der Waals surface area (Å²) < 4.78 is 30.5. The quantitative estimate of drug-likeness (QED) is 0.730. The van der Waals surface area contributed by atoms with Crippen LogP contribution in [-0.2, 0) is 24.2 Å². The Kier molecular flexibility index (Phi) is 6.21. The van der Waals surface area contributed by atoms with E-state index in [2.05, 4.69) is 5.32 Å². The van der Waals surface area contributed by atoms with Crippen molar-refractivity contribution in [2.24, 2.45) is 0 Å². The number of ether oxygens (including phenoxy) is 1. The third kappa shape index (κ3) is 4.20. The van der Waals surface area contributed by atoms with Gasteiger partial charge in [-0.25, -0.2) is 13.2 Å². The first kappa shape index (κ1) is 21.5. The molecule has 158 valence electrons. The minimum atomic E-state index is -3.70. The number of sulfone groups is 1. The van der Waals surface area contributed by atoms with Crippen molar-refractivity contribution >= 4 is 39.0 Å². The number of esters is 1. The monoisotopic (exact) mass is 430 g/mol. The van der Waals surface area contributed by atoms with E-state index < -0.39 is 39.4 Å². The Labute approximate surface area is 174 Å². The highest BCUT2D eigenvalue weighted by Gasteiger charge is 2.36. The maximum Gasteiger partial charge on any atom is 0.340 e. The van der Waals surface area contributed by atoms with Crippen LogP contribution in [0.4, 0.5) is 11.4 Å². The Morgan fingerprint density at radius 2 is 1.80 bits per heavy atom. The lowest BCUT2D eigenvalue weighted by molar-refractivity contribution is -0.121. The van der Waals surface area contributed by atoms with Crippen LogP contribution in [0.15, 0.2) is 53.4 Å². The Morgan fingerprint density at radius 3 is 2.53 bits per heavy atom. The van der Waals surface area contributed by atoms with Crippen LogP contribution in [0.1, 0.15) is 30.6 Å². The molecule has 0 aromatic heterocycles. The largest absolute Gasteiger partial charge is 0.462 e. The van der Waals surface area contributed by atoms with E-state index in [0.717, 1.165) is 0 Å². The van der Waals surface area contributed by atoms with Gasteiger partial charge in [-0.2, -0.15) is 0 Å². The molecular formula is C21H22N2O6S. The lowest BCUT2D eigenvalue weighted by Gasteiger charge is -2.22. The zero-order valence-electron chi connectivity index (χ0n) is 16.6. The van der Waals surface area contributed by atoms with Gasteiger partial charge in [0.05, 0.1) is 33.7 Å². The number of anilines is 2. The van der Waals surface area contributed by atoms with Crippen LogP contribution in [0.5, 0.6) is 0 Å². The molecule has 0 bridgehead atoms. The third-order valence-electron chi connectivity index (χ3n) is 4.75. The predicted molar refractivity (Wildman–Crippen MR) is 111 cm³/mol. The highest BCUT2D eigenvalue weighted by Crippen LogP contribution is 2.33. The first-order valence-corrected chi connectivity index (χ1v) is 11.0. The Hall–Kier alpha value is -3.20. The summed E-state index contributed by atoms with van der Waals surface area (Å²) in [6.07, 6.45) is -0.232. The van der Waals surface area contributed by atoms with Crippen LogP contribution in [0, 0.1) is 0 Å². The van der Waals surface area contributed by atoms with Crippen molar-refractivity contribution in [1.29, 1.82) is 0 Å². The molecular weight excluding hydrogens is 408 g/mol. The van der Waals surface area contributed by atoms with Gasteiger partial charge >= 0.3 is 5.97 Å². The van der Waals surface area contributed by atoms with Gasteiger partial charge in [-0.1, -0.05) is 24.3 Å². The second kappa shape index (κ2) is 8.66. The van der Waals surface area contributed by atoms with Crippen LogP contribution in [0.3, 0.4) is 0 Å². The molecule has 0 radical (unpaired) electrons. The standard InChI is InChI=1S/C21H22N2O6S/c1-3-29-21(26)15-8-4-5-9-16(15)22-19(24)13-23-17-10-6-7-11-18(17)30(27,28)14(2)12-20(23)25/h4-11,14H,3,12-13H2,1-2H3,(H,22,24). The fraction of sp³-hybridized carbons (Fsp3) is 0.286. The fourth-order valence-corrected chi connectivity index (χ4v) is 4.76. The maximum absolute atomic E-state index is 12.7. The number of hydrogen-bond acceptors (Lipinski definition) is 6. The normalized spacial score (nSPS) is 17.6. The lowest BCUT2D eigenvalue weighted by Crippen LogP contribution is -2.38. The minimum absolute atomic E-state index is 0.0167. The summed E-state index contributed by atoms with van der Waals surface area (Å²) in [6, 6.07) is 12.5.